The second-order valence-corrected chi connectivity index (χ2v) is 6.13. The maximum atomic E-state index is 2.80. The van der Waals surface area contributed by atoms with Crippen molar-refractivity contribution >= 4 is 0 Å². The Kier molecular flexibility index (Phi) is 2.52. The molecule has 1 aliphatic carbocycles. The van der Waals surface area contributed by atoms with Crippen molar-refractivity contribution in [2.75, 3.05) is 33.2 Å². The van der Waals surface area contributed by atoms with Crippen LogP contribution in [0.2, 0.25) is 0 Å². The molecule has 0 aromatic carbocycles. The first-order valence-electron chi connectivity index (χ1n) is 6.70. The highest BCUT2D eigenvalue weighted by Gasteiger charge is 2.42. The van der Waals surface area contributed by atoms with E-state index in [1.807, 2.05) is 0 Å². The first-order valence-corrected chi connectivity index (χ1v) is 6.70. The number of hydrogen-bond acceptors (Lipinski definition) is 2. The minimum atomic E-state index is 0.756. The van der Waals surface area contributed by atoms with E-state index in [1.54, 1.807) is 0 Å². The standard InChI is InChI=1S/C13H24N2/c1-14-8-9-15-11-13(5-2-3-6-13)7-4-12(15)10-14/h12H,2-11H2,1H3. The SMILES string of the molecule is CN1CCN2CC3(CCCC3)CCC2C1. The van der Waals surface area contributed by atoms with Crippen LogP contribution in [0.3, 0.4) is 0 Å². The van der Waals surface area contributed by atoms with Crippen LogP contribution in [0.5, 0.6) is 0 Å². The van der Waals surface area contributed by atoms with Gasteiger partial charge in [0.25, 0.3) is 0 Å². The Bertz CT molecular complexity index is 233. The van der Waals surface area contributed by atoms with Gasteiger partial charge in [-0.25, -0.2) is 0 Å². The fourth-order valence-electron chi connectivity index (χ4n) is 4.05. The van der Waals surface area contributed by atoms with E-state index in [1.165, 1.54) is 64.7 Å². The van der Waals surface area contributed by atoms with Gasteiger partial charge in [-0.2, -0.15) is 0 Å². The molecule has 2 nitrogen and oxygen atoms in total. The van der Waals surface area contributed by atoms with Crippen LogP contribution in [-0.2, 0) is 0 Å². The Morgan fingerprint density at radius 1 is 1.07 bits per heavy atom. The molecule has 1 atom stereocenters. The van der Waals surface area contributed by atoms with Gasteiger partial charge in [0.15, 0.2) is 0 Å². The van der Waals surface area contributed by atoms with E-state index in [-0.39, 0.29) is 0 Å². The number of hydrogen-bond donors (Lipinski definition) is 0. The molecule has 0 aromatic heterocycles. The minimum Gasteiger partial charge on any atom is -0.304 e. The molecule has 0 bridgehead atoms. The zero-order valence-corrected chi connectivity index (χ0v) is 10.0. The van der Waals surface area contributed by atoms with Crippen LogP contribution in [0.25, 0.3) is 0 Å². The van der Waals surface area contributed by atoms with Gasteiger partial charge in [0.1, 0.15) is 0 Å². The highest BCUT2D eigenvalue weighted by Crippen LogP contribution is 2.46. The second kappa shape index (κ2) is 3.74. The summed E-state index contributed by atoms with van der Waals surface area (Å²) in [7, 11) is 2.28. The van der Waals surface area contributed by atoms with Crippen molar-refractivity contribution in [3.8, 4) is 0 Å². The Morgan fingerprint density at radius 2 is 1.87 bits per heavy atom. The monoisotopic (exact) mass is 208 g/mol. The van der Waals surface area contributed by atoms with Crippen LogP contribution in [0.15, 0.2) is 0 Å². The van der Waals surface area contributed by atoms with Crippen LogP contribution in [0.1, 0.15) is 38.5 Å². The fraction of sp³-hybridized carbons (Fsp3) is 1.00. The van der Waals surface area contributed by atoms with Gasteiger partial charge in [-0.3, -0.25) is 4.90 Å². The molecule has 1 unspecified atom stereocenters. The van der Waals surface area contributed by atoms with E-state index >= 15 is 0 Å². The first-order chi connectivity index (χ1) is 7.27. The summed E-state index contributed by atoms with van der Waals surface area (Å²) >= 11 is 0. The van der Waals surface area contributed by atoms with Gasteiger partial charge in [0.2, 0.25) is 0 Å². The Morgan fingerprint density at radius 3 is 2.67 bits per heavy atom. The van der Waals surface area contributed by atoms with Crippen molar-refractivity contribution in [2.24, 2.45) is 5.41 Å². The molecule has 0 aromatic rings. The number of piperazine rings is 1. The second-order valence-electron chi connectivity index (χ2n) is 6.13. The van der Waals surface area contributed by atoms with Gasteiger partial charge >= 0.3 is 0 Å². The molecular formula is C13H24N2. The molecule has 3 rings (SSSR count). The summed E-state index contributed by atoms with van der Waals surface area (Å²) in [4.78, 5) is 5.31. The van der Waals surface area contributed by atoms with Crippen molar-refractivity contribution in [3.05, 3.63) is 0 Å². The molecule has 2 aliphatic heterocycles. The third-order valence-electron chi connectivity index (χ3n) is 5.02. The summed E-state index contributed by atoms with van der Waals surface area (Å²) in [6.45, 7) is 5.34. The fourth-order valence-corrected chi connectivity index (χ4v) is 4.05. The van der Waals surface area contributed by atoms with Crippen LogP contribution in [-0.4, -0.2) is 49.1 Å². The normalized spacial score (nSPS) is 37.0. The zero-order valence-electron chi connectivity index (χ0n) is 10.0. The zero-order chi connectivity index (χ0) is 10.3. The Hall–Kier alpha value is -0.0800. The van der Waals surface area contributed by atoms with Crippen molar-refractivity contribution in [1.29, 1.82) is 0 Å². The quantitative estimate of drug-likeness (QED) is 0.600. The Labute approximate surface area is 93.6 Å². The highest BCUT2D eigenvalue weighted by atomic mass is 15.3. The van der Waals surface area contributed by atoms with Crippen molar-refractivity contribution < 1.29 is 0 Å². The molecule has 0 amide bonds. The van der Waals surface area contributed by atoms with Gasteiger partial charge in [-0.1, -0.05) is 12.8 Å². The molecule has 2 heteroatoms. The predicted octanol–water partition coefficient (Wildman–Crippen LogP) is 1.96. The van der Waals surface area contributed by atoms with Crippen molar-refractivity contribution in [3.63, 3.8) is 0 Å². The number of likely N-dealkylation sites (N-methyl/N-ethyl adjacent to an activating group) is 1. The number of rotatable bonds is 0. The molecular weight excluding hydrogens is 184 g/mol. The van der Waals surface area contributed by atoms with Crippen LogP contribution < -0.4 is 0 Å². The lowest BCUT2D eigenvalue weighted by Crippen LogP contribution is -2.57. The van der Waals surface area contributed by atoms with E-state index in [9.17, 15) is 0 Å². The van der Waals surface area contributed by atoms with Gasteiger partial charge < -0.3 is 4.90 Å². The molecule has 0 radical (unpaired) electrons. The highest BCUT2D eigenvalue weighted by molar-refractivity contribution is 4.96. The van der Waals surface area contributed by atoms with Gasteiger partial charge in [-0.15, -0.1) is 0 Å². The first kappa shape index (κ1) is 10.1. The van der Waals surface area contributed by atoms with Crippen molar-refractivity contribution in [1.82, 2.24) is 9.80 Å². The van der Waals surface area contributed by atoms with Gasteiger partial charge in [0.05, 0.1) is 0 Å². The number of fused-ring (bicyclic) bond motifs is 1. The van der Waals surface area contributed by atoms with E-state index in [0.717, 1.165) is 11.5 Å². The molecule has 86 valence electrons. The molecule has 0 N–H and O–H groups in total. The maximum Gasteiger partial charge on any atom is 0.0224 e. The van der Waals surface area contributed by atoms with E-state index in [0.29, 0.717) is 0 Å². The molecule has 1 saturated carbocycles. The molecule has 1 spiro atoms. The van der Waals surface area contributed by atoms with E-state index in [2.05, 4.69) is 16.8 Å². The third kappa shape index (κ3) is 1.83. The number of piperidine rings is 1. The Balaban J connectivity index is 1.68. The maximum absolute atomic E-state index is 2.80. The van der Waals surface area contributed by atoms with Gasteiger partial charge in [0, 0.05) is 32.2 Å². The van der Waals surface area contributed by atoms with Crippen LogP contribution in [0, 0.1) is 5.41 Å². The molecule has 2 heterocycles. The molecule has 3 aliphatic rings. The summed E-state index contributed by atoms with van der Waals surface area (Å²) in [6, 6.07) is 0.884. The summed E-state index contributed by atoms with van der Waals surface area (Å²) < 4.78 is 0. The smallest absolute Gasteiger partial charge is 0.0224 e. The topological polar surface area (TPSA) is 6.48 Å². The lowest BCUT2D eigenvalue weighted by Gasteiger charge is -2.49. The average Bonchev–Trinajstić information content (AvgIpc) is 2.67. The summed E-state index contributed by atoms with van der Waals surface area (Å²) in [5, 5.41) is 0. The van der Waals surface area contributed by atoms with Crippen LogP contribution >= 0.6 is 0 Å². The summed E-state index contributed by atoms with van der Waals surface area (Å²) in [5.41, 5.74) is 0.756. The van der Waals surface area contributed by atoms with Crippen molar-refractivity contribution in [2.45, 2.75) is 44.6 Å². The average molecular weight is 208 g/mol. The number of nitrogens with zero attached hydrogens (tertiary/aromatic N) is 2. The van der Waals surface area contributed by atoms with Crippen LogP contribution in [0.4, 0.5) is 0 Å². The summed E-state index contributed by atoms with van der Waals surface area (Å²) in [6.07, 6.45) is 9.02. The van der Waals surface area contributed by atoms with E-state index < -0.39 is 0 Å². The molecule has 2 saturated heterocycles. The molecule has 15 heavy (non-hydrogen) atoms. The third-order valence-corrected chi connectivity index (χ3v) is 5.02. The molecule has 3 fully saturated rings. The predicted molar refractivity (Wildman–Crippen MR) is 63.0 cm³/mol. The van der Waals surface area contributed by atoms with Gasteiger partial charge in [-0.05, 0) is 38.1 Å². The lowest BCUT2D eigenvalue weighted by molar-refractivity contribution is -0.000843. The summed E-state index contributed by atoms with van der Waals surface area (Å²) in [5.74, 6) is 0. The minimum absolute atomic E-state index is 0.756. The largest absolute Gasteiger partial charge is 0.304 e. The lowest BCUT2D eigenvalue weighted by atomic mass is 9.76. The van der Waals surface area contributed by atoms with E-state index in [4.69, 9.17) is 0 Å².